The Morgan fingerprint density at radius 1 is 0.598 bits per heavy atom. The summed E-state index contributed by atoms with van der Waals surface area (Å²) in [5, 5.41) is 9.69. The number of unbranched alkanes of at least 4 members (excludes halogenated alkanes) is 3. The van der Waals surface area contributed by atoms with E-state index in [1.54, 1.807) is 0 Å². The van der Waals surface area contributed by atoms with E-state index in [9.17, 15) is 48.3 Å². The zero-order valence-electron chi connectivity index (χ0n) is 48.8. The maximum atomic E-state index is 13.0. The lowest BCUT2D eigenvalue weighted by molar-refractivity contribution is -0.145. The molecule has 0 saturated heterocycles. The maximum Gasteiger partial charge on any atom is 0.306 e. The number of hydrogen-bond acceptors (Lipinski definition) is 14. The van der Waals surface area contributed by atoms with Crippen LogP contribution in [0.1, 0.15) is 202 Å². The van der Waals surface area contributed by atoms with E-state index in [1.165, 1.54) is 20.0 Å². The molecule has 0 heterocycles. The Bertz CT molecular complexity index is 2610. The first-order valence-electron chi connectivity index (χ1n) is 30.2. The number of ketones is 7. The molecule has 3 aliphatic carbocycles. The first-order valence-corrected chi connectivity index (χ1v) is 30.2. The van der Waals surface area contributed by atoms with Gasteiger partial charge in [-0.2, -0.15) is 0 Å². The second-order valence-corrected chi connectivity index (χ2v) is 23.1. The lowest BCUT2D eigenvalue weighted by atomic mass is 9.88. The van der Waals surface area contributed by atoms with E-state index in [4.69, 9.17) is 23.7 Å². The minimum Gasteiger partial charge on any atom is -0.493 e. The van der Waals surface area contributed by atoms with Crippen molar-refractivity contribution in [2.75, 3.05) is 46.8 Å². The van der Waals surface area contributed by atoms with Crippen molar-refractivity contribution >= 4 is 52.4 Å². The van der Waals surface area contributed by atoms with Crippen LogP contribution in [0, 0.1) is 30.6 Å². The molecule has 0 aromatic heterocycles. The zero-order valence-corrected chi connectivity index (χ0v) is 48.8. The molecule has 5 atom stereocenters. The van der Waals surface area contributed by atoms with E-state index < -0.39 is 17.9 Å². The molecule has 3 aromatic rings. The van der Waals surface area contributed by atoms with Crippen LogP contribution in [0.3, 0.4) is 0 Å². The molecule has 2 fully saturated rings. The standard InChI is InChI=1S/C67H88O15/c1-45(37-54(72)30-29-52(70)27-28-53(71)31-32-66(75)82-44-63-59-23-11-9-21-57(59)58-22-10-12-24-60(58)63)61-42-64(78-3)65(38-46(61)2)81-34-14-20-51(69)19-13-33-79-35-36-80-43-56(74)40-49(67(76)77)16-5-4-6-17-50(68)18-8-7-15-47-25-26-48-39-55(73)41-62(47)48/h9-12,21-24,38,42,45,47-49,62-63H,4-8,13-20,25-37,39-41,43-44H2,1-3H3,(H,76,77)/t45?,47?,48?,49-,62?/m1/s1. The lowest BCUT2D eigenvalue weighted by Crippen LogP contribution is -2.21. The molecule has 0 aliphatic heterocycles. The number of aryl methyl sites for hydroxylation is 1. The van der Waals surface area contributed by atoms with Crippen LogP contribution >= 0.6 is 0 Å². The Balaban J connectivity index is 0.734. The second kappa shape index (κ2) is 34.4. The summed E-state index contributed by atoms with van der Waals surface area (Å²) in [5.74, 6) is 0.389. The molecular weight excluding hydrogens is 1040 g/mol. The SMILES string of the molecule is COc1cc(C(C)CC(=O)CCC(=O)CCC(=O)CCC(=O)OCC2c3ccccc3-c3ccccc32)c(C)cc1OCCCC(=O)CCCOCCOCC(=O)C[C@@H](CCCCCC(=O)CCCCC1CCC2CC(=O)CC12)C(=O)O. The molecule has 6 rings (SSSR count). The number of aliphatic carboxylic acids is 1. The largest absolute Gasteiger partial charge is 0.493 e. The fraction of sp³-hybridized carbons (Fsp3) is 0.597. The number of hydrogen-bond donors (Lipinski definition) is 1. The van der Waals surface area contributed by atoms with Crippen LogP contribution in [0.2, 0.25) is 0 Å². The number of carboxylic acids is 1. The summed E-state index contributed by atoms with van der Waals surface area (Å²) in [6.07, 6.45) is 12.4. The van der Waals surface area contributed by atoms with Crippen LogP contribution in [0.4, 0.5) is 0 Å². The van der Waals surface area contributed by atoms with Crippen molar-refractivity contribution in [3.63, 3.8) is 0 Å². The van der Waals surface area contributed by atoms with E-state index in [0.717, 1.165) is 71.9 Å². The van der Waals surface area contributed by atoms with E-state index in [1.807, 2.05) is 62.4 Å². The van der Waals surface area contributed by atoms with Crippen molar-refractivity contribution in [1.29, 1.82) is 0 Å². The fourth-order valence-electron chi connectivity index (χ4n) is 12.3. The Hall–Kier alpha value is -6.19. The summed E-state index contributed by atoms with van der Waals surface area (Å²) in [7, 11) is 1.54. The number of ether oxygens (including phenoxy) is 5. The van der Waals surface area contributed by atoms with Crippen molar-refractivity contribution in [2.45, 2.75) is 186 Å². The summed E-state index contributed by atoms with van der Waals surface area (Å²) in [6.45, 7) is 4.91. The van der Waals surface area contributed by atoms with Gasteiger partial charge in [0.2, 0.25) is 0 Å². The summed E-state index contributed by atoms with van der Waals surface area (Å²) in [5.41, 5.74) is 6.31. The van der Waals surface area contributed by atoms with Crippen molar-refractivity contribution < 1.29 is 71.9 Å². The molecule has 4 unspecified atom stereocenters. The number of methoxy groups -OCH3 is 1. The van der Waals surface area contributed by atoms with Crippen LogP contribution in [0.25, 0.3) is 11.1 Å². The third kappa shape index (κ3) is 21.2. The summed E-state index contributed by atoms with van der Waals surface area (Å²) < 4.78 is 28.3. The van der Waals surface area contributed by atoms with Gasteiger partial charge >= 0.3 is 11.9 Å². The van der Waals surface area contributed by atoms with Crippen LogP contribution in [-0.4, -0.2) is 104 Å². The highest BCUT2D eigenvalue weighted by Crippen LogP contribution is 2.48. The number of fused-ring (bicyclic) bond motifs is 4. The van der Waals surface area contributed by atoms with E-state index in [-0.39, 0.29) is 124 Å². The quantitative estimate of drug-likeness (QED) is 0.0411. The topological polar surface area (TPSA) is 220 Å². The molecule has 0 bridgehead atoms. The molecule has 15 nitrogen and oxygen atoms in total. The molecule has 3 aliphatic rings. The Kier molecular flexibility index (Phi) is 27.3. The van der Waals surface area contributed by atoms with Crippen LogP contribution < -0.4 is 9.47 Å². The highest BCUT2D eigenvalue weighted by Gasteiger charge is 2.42. The highest BCUT2D eigenvalue weighted by atomic mass is 16.5. The van der Waals surface area contributed by atoms with Gasteiger partial charge in [0.05, 0.1) is 39.3 Å². The van der Waals surface area contributed by atoms with Crippen molar-refractivity contribution in [3.05, 3.63) is 82.9 Å². The number of Topliss-reactive ketones (excluding diaryl/α,β-unsaturated/α-hetero) is 7. The van der Waals surface area contributed by atoms with Gasteiger partial charge in [-0.3, -0.25) is 43.2 Å². The number of carbonyl (C=O) groups excluding carboxylic acids is 8. The Morgan fingerprint density at radius 3 is 1.87 bits per heavy atom. The molecular formula is C67H88O15. The van der Waals surface area contributed by atoms with Gasteiger partial charge in [-0.15, -0.1) is 0 Å². The highest BCUT2D eigenvalue weighted by molar-refractivity contribution is 5.90. The van der Waals surface area contributed by atoms with Gasteiger partial charge in [-0.05, 0) is 121 Å². The molecule has 0 spiro atoms. The zero-order chi connectivity index (χ0) is 58.8. The van der Waals surface area contributed by atoms with Gasteiger partial charge in [-0.25, -0.2) is 0 Å². The van der Waals surface area contributed by atoms with Crippen LogP contribution in [0.15, 0.2) is 60.7 Å². The average Bonchev–Trinajstić information content (AvgIpc) is 4.13. The third-order valence-corrected chi connectivity index (χ3v) is 16.9. The monoisotopic (exact) mass is 1130 g/mol. The number of benzene rings is 3. The molecule has 15 heteroatoms. The van der Waals surface area contributed by atoms with E-state index in [2.05, 4.69) is 12.1 Å². The molecule has 0 amide bonds. The maximum absolute atomic E-state index is 13.0. The predicted octanol–water partition coefficient (Wildman–Crippen LogP) is 12.2. The number of rotatable bonds is 43. The van der Waals surface area contributed by atoms with Gasteiger partial charge in [0, 0.05) is 96.0 Å². The van der Waals surface area contributed by atoms with E-state index in [0.29, 0.717) is 106 Å². The molecule has 0 radical (unpaired) electrons. The first-order chi connectivity index (χ1) is 39.6. The summed E-state index contributed by atoms with van der Waals surface area (Å²) >= 11 is 0. The summed E-state index contributed by atoms with van der Waals surface area (Å²) in [4.78, 5) is 112. The Morgan fingerprint density at radius 2 is 1.20 bits per heavy atom. The van der Waals surface area contributed by atoms with Gasteiger partial charge in [0.25, 0.3) is 0 Å². The molecule has 3 aromatic carbocycles. The smallest absolute Gasteiger partial charge is 0.306 e. The molecule has 2 saturated carbocycles. The fourth-order valence-corrected chi connectivity index (χ4v) is 12.3. The first kappa shape index (κ1) is 65.0. The minimum atomic E-state index is -1.01. The van der Waals surface area contributed by atoms with Crippen LogP contribution in [0.5, 0.6) is 11.5 Å². The van der Waals surface area contributed by atoms with E-state index >= 15 is 0 Å². The normalized spacial score (nSPS) is 16.9. The Labute approximate surface area is 484 Å². The number of carboxylic acid groups (broad SMARTS) is 1. The van der Waals surface area contributed by atoms with Crippen molar-refractivity contribution in [2.24, 2.45) is 23.7 Å². The minimum absolute atomic E-state index is 0.00936. The molecule has 1 N–H and O–H groups in total. The van der Waals surface area contributed by atoms with Gasteiger partial charge < -0.3 is 28.8 Å². The predicted molar refractivity (Wildman–Crippen MR) is 310 cm³/mol. The molecule has 82 heavy (non-hydrogen) atoms. The van der Waals surface area contributed by atoms with Crippen molar-refractivity contribution in [1.82, 2.24) is 0 Å². The van der Waals surface area contributed by atoms with Gasteiger partial charge in [0.15, 0.2) is 17.3 Å². The van der Waals surface area contributed by atoms with Gasteiger partial charge in [-0.1, -0.05) is 81.1 Å². The average molecular weight is 1130 g/mol. The third-order valence-electron chi connectivity index (χ3n) is 16.9. The summed E-state index contributed by atoms with van der Waals surface area (Å²) in [6, 6.07) is 19.9. The van der Waals surface area contributed by atoms with Crippen LogP contribution in [-0.2, 0) is 57.4 Å². The second-order valence-electron chi connectivity index (χ2n) is 23.1. The lowest BCUT2D eigenvalue weighted by Gasteiger charge is -2.18. The molecule has 446 valence electrons. The van der Waals surface area contributed by atoms with Crippen molar-refractivity contribution in [3.8, 4) is 22.6 Å². The number of esters is 1. The van der Waals surface area contributed by atoms with Gasteiger partial charge in [0.1, 0.15) is 47.9 Å². The number of carbonyl (C=O) groups is 9.